The Morgan fingerprint density at radius 2 is 2.05 bits per heavy atom. The number of ether oxygens (including phenoxy) is 1. The standard InChI is InChI=1S/C16H20O2S/c1-3-10-18-13-7-5-6-12(11-13)16(17)15-9-8-14(4-2)19-15/h5-9,11,16-17H,3-4,10H2,1-2H3. The highest BCUT2D eigenvalue weighted by Gasteiger charge is 2.13. The molecule has 1 N–H and O–H groups in total. The molecule has 0 spiro atoms. The maximum atomic E-state index is 10.4. The van der Waals surface area contributed by atoms with E-state index in [-0.39, 0.29) is 0 Å². The second-order valence-electron chi connectivity index (χ2n) is 4.48. The van der Waals surface area contributed by atoms with Crippen LogP contribution in [0.2, 0.25) is 0 Å². The lowest BCUT2D eigenvalue weighted by Crippen LogP contribution is -1.99. The van der Waals surface area contributed by atoms with Crippen LogP contribution in [0.3, 0.4) is 0 Å². The lowest BCUT2D eigenvalue weighted by atomic mass is 10.1. The average molecular weight is 276 g/mol. The van der Waals surface area contributed by atoms with E-state index in [0.29, 0.717) is 6.61 Å². The molecule has 0 fully saturated rings. The summed E-state index contributed by atoms with van der Waals surface area (Å²) < 4.78 is 5.60. The molecular weight excluding hydrogens is 256 g/mol. The SMILES string of the molecule is CCCOc1cccc(C(O)c2ccc(CC)s2)c1. The van der Waals surface area contributed by atoms with Gasteiger partial charge in [-0.2, -0.15) is 0 Å². The van der Waals surface area contributed by atoms with E-state index in [2.05, 4.69) is 19.9 Å². The summed E-state index contributed by atoms with van der Waals surface area (Å²) >= 11 is 1.67. The summed E-state index contributed by atoms with van der Waals surface area (Å²) in [5.41, 5.74) is 0.887. The van der Waals surface area contributed by atoms with Gasteiger partial charge < -0.3 is 9.84 Å². The number of hydrogen-bond donors (Lipinski definition) is 1. The van der Waals surface area contributed by atoms with Gasteiger partial charge in [0.05, 0.1) is 6.61 Å². The normalized spacial score (nSPS) is 12.4. The number of aryl methyl sites for hydroxylation is 1. The van der Waals surface area contributed by atoms with Crippen molar-refractivity contribution in [2.24, 2.45) is 0 Å². The van der Waals surface area contributed by atoms with Gasteiger partial charge in [0.1, 0.15) is 11.9 Å². The molecule has 102 valence electrons. The number of rotatable bonds is 6. The first-order valence-corrected chi connectivity index (χ1v) is 7.55. The van der Waals surface area contributed by atoms with Crippen molar-refractivity contribution in [2.75, 3.05) is 6.61 Å². The van der Waals surface area contributed by atoms with Gasteiger partial charge in [-0.1, -0.05) is 26.0 Å². The number of hydrogen-bond acceptors (Lipinski definition) is 3. The van der Waals surface area contributed by atoms with Gasteiger partial charge in [0.15, 0.2) is 0 Å². The Balaban J connectivity index is 2.15. The molecule has 1 aromatic carbocycles. The zero-order valence-corrected chi connectivity index (χ0v) is 12.2. The minimum Gasteiger partial charge on any atom is -0.494 e. The van der Waals surface area contributed by atoms with Crippen LogP contribution in [0.15, 0.2) is 36.4 Å². The molecule has 2 aromatic rings. The summed E-state index contributed by atoms with van der Waals surface area (Å²) in [6, 6.07) is 11.8. The van der Waals surface area contributed by atoms with Crippen LogP contribution in [0.25, 0.3) is 0 Å². The van der Waals surface area contributed by atoms with Crippen molar-refractivity contribution >= 4 is 11.3 Å². The van der Waals surface area contributed by atoms with Gasteiger partial charge in [-0.05, 0) is 42.7 Å². The van der Waals surface area contributed by atoms with Crippen LogP contribution in [-0.2, 0) is 6.42 Å². The van der Waals surface area contributed by atoms with Crippen molar-refractivity contribution < 1.29 is 9.84 Å². The molecule has 1 atom stereocenters. The van der Waals surface area contributed by atoms with Gasteiger partial charge in [0.2, 0.25) is 0 Å². The first-order valence-electron chi connectivity index (χ1n) is 6.74. The number of aliphatic hydroxyl groups excluding tert-OH is 1. The van der Waals surface area contributed by atoms with Crippen molar-refractivity contribution in [3.63, 3.8) is 0 Å². The van der Waals surface area contributed by atoms with Gasteiger partial charge in [-0.15, -0.1) is 11.3 Å². The first-order chi connectivity index (χ1) is 9.24. The van der Waals surface area contributed by atoms with E-state index in [0.717, 1.165) is 29.0 Å². The fraction of sp³-hybridized carbons (Fsp3) is 0.375. The van der Waals surface area contributed by atoms with E-state index < -0.39 is 6.10 Å². The Morgan fingerprint density at radius 3 is 2.74 bits per heavy atom. The lowest BCUT2D eigenvalue weighted by Gasteiger charge is -2.11. The fourth-order valence-corrected chi connectivity index (χ4v) is 2.86. The third kappa shape index (κ3) is 3.58. The Morgan fingerprint density at radius 1 is 1.21 bits per heavy atom. The predicted octanol–water partition coefficient (Wildman–Crippen LogP) is 4.18. The van der Waals surface area contributed by atoms with Crippen molar-refractivity contribution in [1.29, 1.82) is 0 Å². The number of aliphatic hydroxyl groups is 1. The molecular formula is C16H20O2S. The van der Waals surface area contributed by atoms with Crippen molar-refractivity contribution in [2.45, 2.75) is 32.8 Å². The summed E-state index contributed by atoms with van der Waals surface area (Å²) in [5.74, 6) is 0.825. The van der Waals surface area contributed by atoms with Crippen LogP contribution in [0.1, 0.15) is 41.7 Å². The van der Waals surface area contributed by atoms with E-state index in [9.17, 15) is 5.11 Å². The van der Waals surface area contributed by atoms with Crippen LogP contribution in [0.5, 0.6) is 5.75 Å². The number of benzene rings is 1. The van der Waals surface area contributed by atoms with Crippen molar-refractivity contribution in [3.05, 3.63) is 51.7 Å². The van der Waals surface area contributed by atoms with Crippen LogP contribution in [-0.4, -0.2) is 11.7 Å². The molecule has 2 rings (SSSR count). The first kappa shape index (κ1) is 14.1. The molecule has 0 aliphatic heterocycles. The van der Waals surface area contributed by atoms with Crippen LogP contribution >= 0.6 is 11.3 Å². The minimum atomic E-state index is -0.560. The van der Waals surface area contributed by atoms with Crippen molar-refractivity contribution in [1.82, 2.24) is 0 Å². The smallest absolute Gasteiger partial charge is 0.119 e. The Hall–Kier alpha value is -1.32. The van der Waals surface area contributed by atoms with E-state index in [1.54, 1.807) is 11.3 Å². The second-order valence-corrected chi connectivity index (χ2v) is 5.68. The molecule has 0 bridgehead atoms. The molecule has 1 heterocycles. The summed E-state index contributed by atoms with van der Waals surface area (Å²) in [6.45, 7) is 4.91. The summed E-state index contributed by atoms with van der Waals surface area (Å²) in [5, 5.41) is 10.4. The minimum absolute atomic E-state index is 0.560. The molecule has 0 aliphatic carbocycles. The zero-order valence-electron chi connectivity index (χ0n) is 11.4. The number of thiophene rings is 1. The monoisotopic (exact) mass is 276 g/mol. The molecule has 1 aromatic heterocycles. The third-order valence-electron chi connectivity index (χ3n) is 2.95. The highest BCUT2D eigenvalue weighted by Crippen LogP contribution is 2.30. The molecule has 2 nitrogen and oxygen atoms in total. The largest absolute Gasteiger partial charge is 0.494 e. The van der Waals surface area contributed by atoms with E-state index in [1.165, 1.54) is 4.88 Å². The van der Waals surface area contributed by atoms with Gasteiger partial charge in [0, 0.05) is 9.75 Å². The molecule has 0 amide bonds. The van der Waals surface area contributed by atoms with Crippen LogP contribution in [0, 0.1) is 0 Å². The zero-order chi connectivity index (χ0) is 13.7. The molecule has 19 heavy (non-hydrogen) atoms. The van der Waals surface area contributed by atoms with Gasteiger partial charge >= 0.3 is 0 Å². The highest BCUT2D eigenvalue weighted by molar-refractivity contribution is 7.12. The van der Waals surface area contributed by atoms with Crippen molar-refractivity contribution in [3.8, 4) is 5.75 Å². The maximum absolute atomic E-state index is 10.4. The molecule has 3 heteroatoms. The van der Waals surface area contributed by atoms with E-state index in [4.69, 9.17) is 4.74 Å². The van der Waals surface area contributed by atoms with E-state index in [1.807, 2.05) is 30.3 Å². The third-order valence-corrected chi connectivity index (χ3v) is 4.23. The highest BCUT2D eigenvalue weighted by atomic mass is 32.1. The van der Waals surface area contributed by atoms with Crippen LogP contribution < -0.4 is 4.74 Å². The van der Waals surface area contributed by atoms with Gasteiger partial charge in [0.25, 0.3) is 0 Å². The molecule has 0 saturated carbocycles. The molecule has 0 saturated heterocycles. The van der Waals surface area contributed by atoms with Gasteiger partial charge in [-0.25, -0.2) is 0 Å². The summed E-state index contributed by atoms with van der Waals surface area (Å²) in [6.07, 6.45) is 1.43. The molecule has 0 aliphatic rings. The quantitative estimate of drug-likeness (QED) is 0.857. The average Bonchev–Trinajstić information content (AvgIpc) is 2.93. The predicted molar refractivity (Wildman–Crippen MR) is 80.0 cm³/mol. The lowest BCUT2D eigenvalue weighted by molar-refractivity contribution is 0.223. The Labute approximate surface area is 118 Å². The maximum Gasteiger partial charge on any atom is 0.119 e. The summed E-state index contributed by atoms with van der Waals surface area (Å²) in [4.78, 5) is 2.29. The van der Waals surface area contributed by atoms with E-state index >= 15 is 0 Å². The topological polar surface area (TPSA) is 29.5 Å². The molecule has 1 unspecified atom stereocenters. The molecule has 0 radical (unpaired) electrons. The second kappa shape index (κ2) is 6.73. The fourth-order valence-electron chi connectivity index (χ4n) is 1.89. The Kier molecular flexibility index (Phi) is 5.00. The summed E-state index contributed by atoms with van der Waals surface area (Å²) in [7, 11) is 0. The Bertz CT molecular complexity index is 519. The van der Waals surface area contributed by atoms with Gasteiger partial charge in [-0.3, -0.25) is 0 Å². The van der Waals surface area contributed by atoms with Crippen LogP contribution in [0.4, 0.5) is 0 Å².